The first-order valence-electron chi connectivity index (χ1n) is 8.59. The lowest BCUT2D eigenvalue weighted by Crippen LogP contribution is -2.47. The van der Waals surface area contributed by atoms with E-state index in [2.05, 4.69) is 5.32 Å². The average Bonchev–Trinajstić information content (AvgIpc) is 3.22. The third-order valence-electron chi connectivity index (χ3n) is 5.09. The molecule has 9 nitrogen and oxygen atoms in total. The van der Waals surface area contributed by atoms with Crippen LogP contribution in [0.5, 0.6) is 5.75 Å². The molecule has 27 heavy (non-hydrogen) atoms. The Morgan fingerprint density at radius 1 is 1.30 bits per heavy atom. The lowest BCUT2D eigenvalue weighted by atomic mass is 9.92. The van der Waals surface area contributed by atoms with Crippen LogP contribution in [0, 0.1) is 0 Å². The van der Waals surface area contributed by atoms with Gasteiger partial charge in [0.25, 0.3) is 5.91 Å². The quantitative estimate of drug-likeness (QED) is 0.726. The Kier molecular flexibility index (Phi) is 4.77. The van der Waals surface area contributed by atoms with Crippen LogP contribution in [0.1, 0.15) is 25.3 Å². The van der Waals surface area contributed by atoms with Crippen molar-refractivity contribution in [1.82, 2.24) is 15.1 Å². The molecule has 3 rings (SSSR count). The van der Waals surface area contributed by atoms with E-state index in [1.54, 1.807) is 31.2 Å². The maximum absolute atomic E-state index is 12.9. The zero-order chi connectivity index (χ0) is 19.8. The van der Waals surface area contributed by atoms with Crippen molar-refractivity contribution in [3.05, 3.63) is 29.8 Å². The van der Waals surface area contributed by atoms with Gasteiger partial charge in [0.1, 0.15) is 23.9 Å². The molecule has 9 heteroatoms. The van der Waals surface area contributed by atoms with E-state index in [0.29, 0.717) is 30.7 Å². The van der Waals surface area contributed by atoms with E-state index in [4.69, 9.17) is 4.74 Å². The van der Waals surface area contributed by atoms with Crippen LogP contribution in [-0.2, 0) is 19.9 Å². The van der Waals surface area contributed by atoms with E-state index in [1.807, 2.05) is 0 Å². The summed E-state index contributed by atoms with van der Waals surface area (Å²) >= 11 is 0. The topological polar surface area (TPSA) is 116 Å². The predicted octanol–water partition coefficient (Wildman–Crippen LogP) is 0.538. The number of hydrogen-bond donors (Lipinski definition) is 2. The van der Waals surface area contributed by atoms with Crippen LogP contribution in [0.2, 0.25) is 0 Å². The molecule has 0 saturated carbocycles. The van der Waals surface area contributed by atoms with Crippen molar-refractivity contribution < 1.29 is 29.0 Å². The molecular weight excluding hydrogens is 354 g/mol. The van der Waals surface area contributed by atoms with Gasteiger partial charge in [0, 0.05) is 6.54 Å². The van der Waals surface area contributed by atoms with Gasteiger partial charge in [-0.05, 0) is 37.5 Å². The van der Waals surface area contributed by atoms with Crippen molar-refractivity contribution in [3.8, 4) is 5.75 Å². The second kappa shape index (κ2) is 6.90. The van der Waals surface area contributed by atoms with Gasteiger partial charge in [-0.25, -0.2) is 9.59 Å². The van der Waals surface area contributed by atoms with Crippen molar-refractivity contribution in [3.63, 3.8) is 0 Å². The van der Waals surface area contributed by atoms with E-state index in [1.165, 1.54) is 12.0 Å². The first kappa shape index (κ1) is 18.7. The number of imide groups is 1. The highest BCUT2D eigenvalue weighted by Crippen LogP contribution is 2.30. The smallest absolute Gasteiger partial charge is 0.326 e. The largest absolute Gasteiger partial charge is 0.497 e. The number of carboxylic acid groups (broad SMARTS) is 1. The number of urea groups is 1. The molecule has 0 spiro atoms. The van der Waals surface area contributed by atoms with Crippen molar-refractivity contribution in [2.24, 2.45) is 0 Å². The number of likely N-dealkylation sites (tertiary alicyclic amines) is 1. The molecule has 0 aromatic heterocycles. The van der Waals surface area contributed by atoms with Gasteiger partial charge in [-0.1, -0.05) is 12.1 Å². The Morgan fingerprint density at radius 2 is 1.96 bits per heavy atom. The van der Waals surface area contributed by atoms with Crippen LogP contribution >= 0.6 is 0 Å². The van der Waals surface area contributed by atoms with Crippen molar-refractivity contribution in [2.75, 3.05) is 20.2 Å². The number of carboxylic acids is 1. The number of ether oxygens (including phenoxy) is 1. The molecule has 2 N–H and O–H groups in total. The third-order valence-corrected chi connectivity index (χ3v) is 5.09. The lowest BCUT2D eigenvalue weighted by Gasteiger charge is -2.25. The van der Waals surface area contributed by atoms with Gasteiger partial charge in [-0.3, -0.25) is 14.5 Å². The molecule has 4 amide bonds. The number of aliphatic carboxylic acids is 1. The number of carbonyl (C=O) groups excluding carboxylic acids is 3. The number of benzene rings is 1. The first-order valence-corrected chi connectivity index (χ1v) is 8.59. The average molecular weight is 375 g/mol. The maximum atomic E-state index is 12.9. The van der Waals surface area contributed by atoms with E-state index < -0.39 is 41.9 Å². The van der Waals surface area contributed by atoms with Crippen LogP contribution in [0.25, 0.3) is 0 Å². The summed E-state index contributed by atoms with van der Waals surface area (Å²) in [7, 11) is 1.52. The van der Waals surface area contributed by atoms with E-state index >= 15 is 0 Å². The zero-order valence-electron chi connectivity index (χ0n) is 15.1. The van der Waals surface area contributed by atoms with Gasteiger partial charge in [-0.15, -0.1) is 0 Å². The molecule has 2 aliphatic heterocycles. The molecule has 144 valence electrons. The van der Waals surface area contributed by atoms with Gasteiger partial charge in [0.2, 0.25) is 5.91 Å². The Labute approximate surface area is 155 Å². The number of rotatable bonds is 5. The molecule has 0 radical (unpaired) electrons. The summed E-state index contributed by atoms with van der Waals surface area (Å²) in [4.78, 5) is 51.0. The summed E-state index contributed by atoms with van der Waals surface area (Å²) < 4.78 is 5.09. The highest BCUT2D eigenvalue weighted by molar-refractivity contribution is 6.09. The molecule has 2 atom stereocenters. The fourth-order valence-corrected chi connectivity index (χ4v) is 3.51. The number of amides is 4. The van der Waals surface area contributed by atoms with Gasteiger partial charge < -0.3 is 20.1 Å². The molecule has 2 saturated heterocycles. The lowest BCUT2D eigenvalue weighted by molar-refractivity contribution is -0.149. The molecule has 1 aromatic rings. The van der Waals surface area contributed by atoms with Gasteiger partial charge >= 0.3 is 12.0 Å². The first-order chi connectivity index (χ1) is 12.8. The number of methoxy groups -OCH3 is 1. The second-order valence-corrected chi connectivity index (χ2v) is 6.76. The number of carbonyl (C=O) groups is 4. The molecule has 2 aliphatic rings. The SMILES string of the molecule is COc1ccc(C2(C)NC(=O)N(CC(=O)N3CCCC3C(=O)O)C2=O)cc1. The van der Waals surface area contributed by atoms with Crippen LogP contribution in [0.15, 0.2) is 24.3 Å². The van der Waals surface area contributed by atoms with Crippen LogP contribution < -0.4 is 10.1 Å². The third kappa shape index (κ3) is 3.20. The van der Waals surface area contributed by atoms with E-state index in [9.17, 15) is 24.3 Å². The fourth-order valence-electron chi connectivity index (χ4n) is 3.51. The van der Waals surface area contributed by atoms with Crippen molar-refractivity contribution >= 4 is 23.8 Å². The summed E-state index contributed by atoms with van der Waals surface area (Å²) in [6.07, 6.45) is 0.942. The molecule has 0 bridgehead atoms. The Bertz CT molecular complexity index is 793. The summed E-state index contributed by atoms with van der Waals surface area (Å²) in [5.74, 6) is -1.58. The summed E-state index contributed by atoms with van der Waals surface area (Å²) in [6, 6.07) is 5.10. The van der Waals surface area contributed by atoms with Crippen molar-refractivity contribution in [2.45, 2.75) is 31.3 Å². The Morgan fingerprint density at radius 3 is 2.56 bits per heavy atom. The normalized spacial score (nSPS) is 24.9. The van der Waals surface area contributed by atoms with Gasteiger partial charge in [-0.2, -0.15) is 0 Å². The summed E-state index contributed by atoms with van der Waals surface area (Å²) in [5.41, 5.74) is -0.748. The second-order valence-electron chi connectivity index (χ2n) is 6.76. The fraction of sp³-hybridized carbons (Fsp3) is 0.444. The minimum atomic E-state index is -1.30. The number of nitrogens with zero attached hydrogens (tertiary/aromatic N) is 2. The van der Waals surface area contributed by atoms with Crippen LogP contribution in [0.3, 0.4) is 0 Å². The predicted molar refractivity (Wildman–Crippen MR) is 93.0 cm³/mol. The van der Waals surface area contributed by atoms with Gasteiger partial charge in [0.15, 0.2) is 0 Å². The standard InChI is InChI=1S/C18H21N3O6/c1-18(11-5-7-12(27-2)8-6-11)16(25)21(17(26)19-18)10-14(22)20-9-3-4-13(20)15(23)24/h5-8,13H,3-4,9-10H2,1-2H3,(H,19,26)(H,23,24). The minimum absolute atomic E-state index is 0.301. The van der Waals surface area contributed by atoms with Crippen molar-refractivity contribution in [1.29, 1.82) is 0 Å². The molecular formula is C18H21N3O6. The molecule has 2 heterocycles. The van der Waals surface area contributed by atoms with Crippen LogP contribution in [-0.4, -0.2) is 65.0 Å². The zero-order valence-corrected chi connectivity index (χ0v) is 15.1. The molecule has 2 unspecified atom stereocenters. The summed E-state index contributed by atoms with van der Waals surface area (Å²) in [6.45, 7) is 1.38. The molecule has 1 aromatic carbocycles. The number of nitrogens with one attached hydrogen (secondary N) is 1. The minimum Gasteiger partial charge on any atom is -0.497 e. The van der Waals surface area contributed by atoms with E-state index in [-0.39, 0.29) is 0 Å². The molecule has 2 fully saturated rings. The summed E-state index contributed by atoms with van der Waals surface area (Å²) in [5, 5.41) is 11.8. The number of hydrogen-bond acceptors (Lipinski definition) is 5. The van der Waals surface area contributed by atoms with Gasteiger partial charge in [0.05, 0.1) is 7.11 Å². The Hall–Kier alpha value is -3.10. The highest BCUT2D eigenvalue weighted by Gasteiger charge is 2.50. The highest BCUT2D eigenvalue weighted by atomic mass is 16.5. The maximum Gasteiger partial charge on any atom is 0.326 e. The Balaban J connectivity index is 1.77. The van der Waals surface area contributed by atoms with E-state index in [0.717, 1.165) is 4.90 Å². The molecule has 0 aliphatic carbocycles. The van der Waals surface area contributed by atoms with Crippen LogP contribution in [0.4, 0.5) is 4.79 Å². The monoisotopic (exact) mass is 375 g/mol.